The van der Waals surface area contributed by atoms with E-state index in [2.05, 4.69) is 0 Å². The number of hydrogen-bond donors (Lipinski definition) is 0. The van der Waals surface area contributed by atoms with Crippen LogP contribution in [0, 0.1) is 0 Å². The largest absolute Gasteiger partial charge is 0.482 e. The molecule has 0 heterocycles. The molecule has 1 aromatic carbocycles. The van der Waals surface area contributed by atoms with Crippen molar-refractivity contribution in [1.82, 2.24) is 0 Å². The first-order valence-corrected chi connectivity index (χ1v) is 5.23. The first-order valence-electron chi connectivity index (χ1n) is 4.69. The van der Waals surface area contributed by atoms with Crippen LogP contribution in [0.5, 0.6) is 5.75 Å². The minimum atomic E-state index is -0.367. The zero-order chi connectivity index (χ0) is 11.1. The summed E-state index contributed by atoms with van der Waals surface area (Å²) < 4.78 is 9.96. The van der Waals surface area contributed by atoms with E-state index in [1.54, 1.807) is 19.1 Å². The van der Waals surface area contributed by atoms with E-state index in [1.165, 1.54) is 0 Å². The van der Waals surface area contributed by atoms with Gasteiger partial charge in [-0.2, -0.15) is 0 Å². The molecule has 0 aliphatic carbocycles. The molecule has 0 aliphatic heterocycles. The summed E-state index contributed by atoms with van der Waals surface area (Å²) in [5, 5.41) is 0. The number of halogens is 1. The smallest absolute Gasteiger partial charge is 0.344 e. The predicted molar refractivity (Wildman–Crippen MR) is 58.1 cm³/mol. The fraction of sp³-hybridized carbons (Fsp3) is 0.364. The van der Waals surface area contributed by atoms with Crippen LogP contribution >= 0.6 is 11.6 Å². The van der Waals surface area contributed by atoms with E-state index in [-0.39, 0.29) is 12.6 Å². The van der Waals surface area contributed by atoms with Gasteiger partial charge in [0.1, 0.15) is 5.75 Å². The van der Waals surface area contributed by atoms with Gasteiger partial charge >= 0.3 is 5.97 Å². The molecule has 4 heteroatoms. The SMILES string of the molecule is CCOC(=O)COc1cccc(CCl)c1. The van der Waals surface area contributed by atoms with Crippen molar-refractivity contribution >= 4 is 17.6 Å². The maximum absolute atomic E-state index is 11.0. The molecule has 0 fully saturated rings. The lowest BCUT2D eigenvalue weighted by Crippen LogP contribution is -2.14. The minimum absolute atomic E-state index is 0.0699. The second-order valence-electron chi connectivity index (χ2n) is 2.87. The van der Waals surface area contributed by atoms with Crippen molar-refractivity contribution in [3.63, 3.8) is 0 Å². The second kappa shape index (κ2) is 6.30. The van der Waals surface area contributed by atoms with Gasteiger partial charge in [0, 0.05) is 5.88 Å². The summed E-state index contributed by atoms with van der Waals surface area (Å²) in [5.74, 6) is 0.686. The second-order valence-corrected chi connectivity index (χ2v) is 3.14. The molecule has 0 spiro atoms. The zero-order valence-electron chi connectivity index (χ0n) is 8.53. The Morgan fingerprint density at radius 3 is 2.93 bits per heavy atom. The van der Waals surface area contributed by atoms with Crippen molar-refractivity contribution in [3.05, 3.63) is 29.8 Å². The van der Waals surface area contributed by atoms with Gasteiger partial charge in [-0.15, -0.1) is 11.6 Å². The summed E-state index contributed by atoms with van der Waals surface area (Å²) in [5.41, 5.74) is 0.957. The van der Waals surface area contributed by atoms with E-state index in [0.29, 0.717) is 18.2 Å². The van der Waals surface area contributed by atoms with Crippen LogP contribution in [-0.2, 0) is 15.4 Å². The van der Waals surface area contributed by atoms with Gasteiger partial charge in [0.15, 0.2) is 6.61 Å². The van der Waals surface area contributed by atoms with Crippen LogP contribution in [0.4, 0.5) is 0 Å². The summed E-state index contributed by atoms with van der Waals surface area (Å²) in [6.45, 7) is 2.05. The van der Waals surface area contributed by atoms with Crippen molar-refractivity contribution in [3.8, 4) is 5.75 Å². The molecule has 0 aliphatic rings. The Bertz CT molecular complexity index is 325. The van der Waals surface area contributed by atoms with Crippen molar-refractivity contribution in [2.45, 2.75) is 12.8 Å². The third-order valence-electron chi connectivity index (χ3n) is 1.71. The van der Waals surface area contributed by atoms with E-state index in [4.69, 9.17) is 21.1 Å². The van der Waals surface area contributed by atoms with E-state index < -0.39 is 0 Å². The molecule has 0 amide bonds. The Labute approximate surface area is 93.9 Å². The van der Waals surface area contributed by atoms with Gasteiger partial charge in [0.05, 0.1) is 6.61 Å². The fourth-order valence-corrected chi connectivity index (χ4v) is 1.23. The molecule has 0 bridgehead atoms. The maximum Gasteiger partial charge on any atom is 0.344 e. The van der Waals surface area contributed by atoms with Crippen LogP contribution in [0.1, 0.15) is 12.5 Å². The standard InChI is InChI=1S/C11H13ClO3/c1-2-14-11(13)8-15-10-5-3-4-9(6-10)7-12/h3-6H,2,7-8H2,1H3. The number of ether oxygens (including phenoxy) is 2. The molecule has 3 nitrogen and oxygen atoms in total. The molecule has 0 radical (unpaired) electrons. The summed E-state index contributed by atoms with van der Waals surface area (Å²) in [6, 6.07) is 7.30. The van der Waals surface area contributed by atoms with Crippen LogP contribution in [0.2, 0.25) is 0 Å². The van der Waals surface area contributed by atoms with Crippen LogP contribution in [0.3, 0.4) is 0 Å². The van der Waals surface area contributed by atoms with Gasteiger partial charge in [0.25, 0.3) is 0 Å². The number of carbonyl (C=O) groups is 1. The molecule has 0 unspecified atom stereocenters. The highest BCUT2D eigenvalue weighted by Gasteiger charge is 2.02. The molecule has 1 aromatic rings. The Balaban J connectivity index is 2.46. The number of alkyl halides is 1. The Kier molecular flexibility index (Phi) is 4.98. The lowest BCUT2D eigenvalue weighted by atomic mass is 10.2. The monoisotopic (exact) mass is 228 g/mol. The number of carbonyl (C=O) groups excluding carboxylic acids is 1. The molecular formula is C11H13ClO3. The summed E-state index contributed by atoms with van der Waals surface area (Å²) in [4.78, 5) is 11.0. The third-order valence-corrected chi connectivity index (χ3v) is 2.02. The predicted octanol–water partition coefficient (Wildman–Crippen LogP) is 2.37. The van der Waals surface area contributed by atoms with Gasteiger partial charge in [0.2, 0.25) is 0 Å². The van der Waals surface area contributed by atoms with E-state index >= 15 is 0 Å². The lowest BCUT2D eigenvalue weighted by molar-refractivity contribution is -0.145. The Morgan fingerprint density at radius 2 is 2.27 bits per heavy atom. The van der Waals surface area contributed by atoms with Crippen LogP contribution < -0.4 is 4.74 Å². The molecule has 82 valence electrons. The number of benzene rings is 1. The highest BCUT2D eigenvalue weighted by atomic mass is 35.5. The van der Waals surface area contributed by atoms with E-state index in [0.717, 1.165) is 5.56 Å². The first kappa shape index (κ1) is 11.9. The number of esters is 1. The van der Waals surface area contributed by atoms with Crippen LogP contribution in [0.25, 0.3) is 0 Å². The molecule has 15 heavy (non-hydrogen) atoms. The topological polar surface area (TPSA) is 35.5 Å². The van der Waals surface area contributed by atoms with Gasteiger partial charge in [-0.1, -0.05) is 12.1 Å². The maximum atomic E-state index is 11.0. The summed E-state index contributed by atoms with van der Waals surface area (Å²) in [6.07, 6.45) is 0. The molecular weight excluding hydrogens is 216 g/mol. The normalized spacial score (nSPS) is 9.73. The molecule has 0 saturated carbocycles. The van der Waals surface area contributed by atoms with E-state index in [9.17, 15) is 4.79 Å². The van der Waals surface area contributed by atoms with E-state index in [1.807, 2.05) is 12.1 Å². The molecule has 0 N–H and O–H groups in total. The quantitative estimate of drug-likeness (QED) is 0.573. The third kappa shape index (κ3) is 4.21. The van der Waals surface area contributed by atoms with Gasteiger partial charge in [-0.25, -0.2) is 4.79 Å². The van der Waals surface area contributed by atoms with Crippen molar-refractivity contribution < 1.29 is 14.3 Å². The van der Waals surface area contributed by atoms with Gasteiger partial charge in [-0.3, -0.25) is 0 Å². The van der Waals surface area contributed by atoms with Crippen molar-refractivity contribution in [2.24, 2.45) is 0 Å². The molecule has 1 rings (SSSR count). The fourth-order valence-electron chi connectivity index (χ4n) is 1.06. The van der Waals surface area contributed by atoms with Crippen molar-refractivity contribution in [1.29, 1.82) is 0 Å². The molecule has 0 atom stereocenters. The average molecular weight is 229 g/mol. The minimum Gasteiger partial charge on any atom is -0.482 e. The number of rotatable bonds is 5. The number of hydrogen-bond acceptors (Lipinski definition) is 3. The van der Waals surface area contributed by atoms with Crippen LogP contribution in [0.15, 0.2) is 24.3 Å². The zero-order valence-corrected chi connectivity index (χ0v) is 9.29. The lowest BCUT2D eigenvalue weighted by Gasteiger charge is -2.06. The molecule has 0 aromatic heterocycles. The summed E-state index contributed by atoms with van der Waals surface area (Å²) in [7, 11) is 0. The highest BCUT2D eigenvalue weighted by Crippen LogP contribution is 2.14. The van der Waals surface area contributed by atoms with Crippen molar-refractivity contribution in [2.75, 3.05) is 13.2 Å². The Hall–Kier alpha value is -1.22. The first-order chi connectivity index (χ1) is 7.26. The molecule has 0 saturated heterocycles. The van der Waals surface area contributed by atoms with Gasteiger partial charge < -0.3 is 9.47 Å². The Morgan fingerprint density at radius 1 is 1.47 bits per heavy atom. The average Bonchev–Trinajstić information content (AvgIpc) is 2.27. The van der Waals surface area contributed by atoms with Crippen LogP contribution in [-0.4, -0.2) is 19.2 Å². The highest BCUT2D eigenvalue weighted by molar-refractivity contribution is 6.17. The van der Waals surface area contributed by atoms with Gasteiger partial charge in [-0.05, 0) is 24.6 Å². The summed E-state index contributed by atoms with van der Waals surface area (Å²) >= 11 is 5.66.